The van der Waals surface area contributed by atoms with Gasteiger partial charge in [-0.05, 0) is 72.7 Å². The number of ether oxygens (including phenoxy) is 2. The van der Waals surface area contributed by atoms with E-state index in [-0.39, 0.29) is 37.1 Å². The molecule has 204 valence electrons. The first-order valence-electron chi connectivity index (χ1n) is 13.6. The molecule has 1 fully saturated rings. The lowest BCUT2D eigenvalue weighted by atomic mass is 9.78. The van der Waals surface area contributed by atoms with Gasteiger partial charge in [0.05, 0.1) is 11.5 Å². The highest BCUT2D eigenvalue weighted by atomic mass is 16.7. The van der Waals surface area contributed by atoms with Crippen LogP contribution in [0.5, 0.6) is 11.5 Å². The number of carbonyl (C=O) groups excluding carboxylic acids is 3. The van der Waals surface area contributed by atoms with E-state index in [2.05, 4.69) is 15.6 Å². The maximum absolute atomic E-state index is 13.5. The average molecular weight is 539 g/mol. The number of carbonyl (C=O) groups is 3. The molecule has 3 amide bonds. The molecule has 40 heavy (non-hydrogen) atoms. The lowest BCUT2D eigenvalue weighted by Crippen LogP contribution is -2.50. The van der Waals surface area contributed by atoms with Crippen LogP contribution in [0.25, 0.3) is 0 Å². The molecule has 9 heteroatoms. The second-order valence-corrected chi connectivity index (χ2v) is 11.8. The Bertz CT molecular complexity index is 1580. The predicted molar refractivity (Wildman–Crippen MR) is 147 cm³/mol. The Hall–Kier alpha value is -4.40. The van der Waals surface area contributed by atoms with Crippen molar-refractivity contribution in [1.82, 2.24) is 9.88 Å². The number of likely N-dealkylation sites (tertiary alicyclic amines) is 1. The first kappa shape index (κ1) is 24.6. The number of hydrogen-bond donors (Lipinski definition) is 2. The van der Waals surface area contributed by atoms with Crippen molar-refractivity contribution in [1.29, 1.82) is 0 Å². The van der Waals surface area contributed by atoms with Gasteiger partial charge in [0.2, 0.25) is 24.5 Å². The summed E-state index contributed by atoms with van der Waals surface area (Å²) in [5, 5.41) is 5.93. The Kier molecular flexibility index (Phi) is 5.42. The molecule has 0 bridgehead atoms. The summed E-state index contributed by atoms with van der Waals surface area (Å²) in [7, 11) is 0. The number of hydrogen-bond acceptors (Lipinski definition) is 6. The van der Waals surface area contributed by atoms with E-state index in [0.717, 1.165) is 35.1 Å². The van der Waals surface area contributed by atoms with Gasteiger partial charge in [-0.25, -0.2) is 4.98 Å². The van der Waals surface area contributed by atoms with Crippen molar-refractivity contribution in [3.63, 3.8) is 0 Å². The molecule has 2 atom stereocenters. The van der Waals surface area contributed by atoms with Gasteiger partial charge in [0, 0.05) is 22.9 Å². The van der Waals surface area contributed by atoms with Gasteiger partial charge in [0.15, 0.2) is 11.5 Å². The second-order valence-electron chi connectivity index (χ2n) is 11.8. The molecule has 1 unspecified atom stereocenters. The minimum Gasteiger partial charge on any atom is -0.454 e. The van der Waals surface area contributed by atoms with Crippen LogP contribution in [0.4, 0.5) is 11.5 Å². The summed E-state index contributed by atoms with van der Waals surface area (Å²) in [6.45, 7) is 3.97. The molecule has 4 aliphatic rings. The molecule has 0 saturated carbocycles. The molecule has 7 rings (SSSR count). The summed E-state index contributed by atoms with van der Waals surface area (Å²) in [5.41, 5.74) is 3.38. The smallest absolute Gasteiger partial charge is 0.244 e. The highest BCUT2D eigenvalue weighted by Crippen LogP contribution is 2.47. The molecular formula is C31H30N4O5. The maximum Gasteiger partial charge on any atom is 0.244 e. The Morgan fingerprint density at radius 1 is 1.07 bits per heavy atom. The lowest BCUT2D eigenvalue weighted by Gasteiger charge is -2.43. The summed E-state index contributed by atoms with van der Waals surface area (Å²) in [6, 6.07) is 15.1. The van der Waals surface area contributed by atoms with E-state index in [1.165, 1.54) is 0 Å². The summed E-state index contributed by atoms with van der Waals surface area (Å²) in [4.78, 5) is 45.9. The molecule has 1 aromatic heterocycles. The van der Waals surface area contributed by atoms with E-state index in [1.54, 1.807) is 11.1 Å². The SMILES string of the molecule is CC1(C)CC[C@H](c2ccc3c(c2)OCO3)N(CC(=O)Nc2ccc3c(c2)CC2(C3)C(=O)Nc3ncccc32)C1=O. The minimum absolute atomic E-state index is 0.0382. The summed E-state index contributed by atoms with van der Waals surface area (Å²) >= 11 is 0. The second kappa shape index (κ2) is 8.81. The van der Waals surface area contributed by atoms with Crippen LogP contribution < -0.4 is 20.1 Å². The topological polar surface area (TPSA) is 110 Å². The Balaban J connectivity index is 1.10. The monoisotopic (exact) mass is 538 g/mol. The summed E-state index contributed by atoms with van der Waals surface area (Å²) < 4.78 is 11.0. The van der Waals surface area contributed by atoms with Crippen molar-refractivity contribution in [2.75, 3.05) is 24.0 Å². The molecule has 2 N–H and O–H groups in total. The molecule has 2 aromatic carbocycles. The van der Waals surface area contributed by atoms with Crippen molar-refractivity contribution in [2.45, 2.75) is 51.0 Å². The molecule has 1 spiro atoms. The largest absolute Gasteiger partial charge is 0.454 e. The van der Waals surface area contributed by atoms with Gasteiger partial charge in [0.1, 0.15) is 12.4 Å². The molecule has 9 nitrogen and oxygen atoms in total. The third kappa shape index (κ3) is 3.83. The minimum atomic E-state index is -0.668. The predicted octanol–water partition coefficient (Wildman–Crippen LogP) is 4.13. The number of nitrogens with one attached hydrogen (secondary N) is 2. The first-order chi connectivity index (χ1) is 19.2. The number of benzene rings is 2. The van der Waals surface area contributed by atoms with Crippen molar-refractivity contribution in [3.8, 4) is 11.5 Å². The van der Waals surface area contributed by atoms with Crippen LogP contribution in [0.15, 0.2) is 54.7 Å². The van der Waals surface area contributed by atoms with Gasteiger partial charge in [-0.1, -0.05) is 32.0 Å². The van der Waals surface area contributed by atoms with Gasteiger partial charge in [-0.2, -0.15) is 0 Å². The fourth-order valence-electron chi connectivity index (χ4n) is 6.64. The van der Waals surface area contributed by atoms with E-state index in [1.807, 2.05) is 62.4 Å². The summed E-state index contributed by atoms with van der Waals surface area (Å²) in [6.07, 6.45) is 4.28. The number of anilines is 2. The molecule has 0 radical (unpaired) electrons. The number of fused-ring (bicyclic) bond motifs is 4. The molecule has 3 aromatic rings. The number of nitrogens with zero attached hydrogens (tertiary/aromatic N) is 2. The maximum atomic E-state index is 13.5. The van der Waals surface area contributed by atoms with Gasteiger partial charge < -0.3 is 25.0 Å². The van der Waals surface area contributed by atoms with E-state index in [4.69, 9.17) is 9.47 Å². The molecule has 3 aliphatic heterocycles. The van der Waals surface area contributed by atoms with Crippen molar-refractivity contribution in [2.24, 2.45) is 5.41 Å². The fourth-order valence-corrected chi connectivity index (χ4v) is 6.64. The van der Waals surface area contributed by atoms with Crippen LogP contribution in [-0.4, -0.2) is 40.9 Å². The van der Waals surface area contributed by atoms with E-state index >= 15 is 0 Å². The number of amides is 3. The summed E-state index contributed by atoms with van der Waals surface area (Å²) in [5.74, 6) is 1.61. The van der Waals surface area contributed by atoms with Crippen LogP contribution in [0, 0.1) is 5.41 Å². The van der Waals surface area contributed by atoms with Crippen LogP contribution in [0.2, 0.25) is 0 Å². The van der Waals surface area contributed by atoms with E-state index < -0.39 is 10.8 Å². The van der Waals surface area contributed by atoms with Crippen LogP contribution in [-0.2, 0) is 32.6 Å². The Morgan fingerprint density at radius 2 is 1.90 bits per heavy atom. The zero-order valence-electron chi connectivity index (χ0n) is 22.5. The molecule has 4 heterocycles. The zero-order chi connectivity index (χ0) is 27.6. The van der Waals surface area contributed by atoms with Crippen molar-refractivity contribution >= 4 is 29.2 Å². The van der Waals surface area contributed by atoms with Gasteiger partial charge in [-0.3, -0.25) is 14.4 Å². The number of piperidine rings is 1. The van der Waals surface area contributed by atoms with Crippen LogP contribution >= 0.6 is 0 Å². The van der Waals surface area contributed by atoms with Crippen LogP contribution in [0.1, 0.15) is 55.0 Å². The first-order valence-corrected chi connectivity index (χ1v) is 13.6. The standard InChI is InChI=1S/C31H30N4O5/c1-30(2)10-9-23(18-6-8-24-25(13-18)40-17-39-24)35(29(30)38)16-26(36)33-21-7-5-19-14-31(15-20(19)12-21)22-4-3-11-32-27(22)34-28(31)37/h3-8,11-13,23H,9-10,14-17H2,1-2H3,(H,33,36)(H,32,34,37)/t23-,31?/m1/s1. The van der Waals surface area contributed by atoms with Crippen molar-refractivity contribution < 1.29 is 23.9 Å². The molecule has 1 saturated heterocycles. The quantitative estimate of drug-likeness (QED) is 0.517. The third-order valence-corrected chi connectivity index (χ3v) is 8.82. The Morgan fingerprint density at radius 3 is 2.77 bits per heavy atom. The normalized spacial score (nSPS) is 23.6. The molecular weight excluding hydrogens is 508 g/mol. The highest BCUT2D eigenvalue weighted by molar-refractivity contribution is 6.06. The number of rotatable bonds is 4. The fraction of sp³-hybridized carbons (Fsp3) is 0.355. The van der Waals surface area contributed by atoms with Crippen molar-refractivity contribution in [3.05, 3.63) is 77.0 Å². The van der Waals surface area contributed by atoms with E-state index in [0.29, 0.717) is 35.8 Å². The molecule has 1 aliphatic carbocycles. The van der Waals surface area contributed by atoms with Crippen LogP contribution in [0.3, 0.4) is 0 Å². The third-order valence-electron chi connectivity index (χ3n) is 8.82. The lowest BCUT2D eigenvalue weighted by molar-refractivity contribution is -0.150. The highest BCUT2D eigenvalue weighted by Gasteiger charge is 2.51. The number of pyridine rings is 1. The van der Waals surface area contributed by atoms with E-state index in [9.17, 15) is 14.4 Å². The van der Waals surface area contributed by atoms with Gasteiger partial charge in [0.25, 0.3) is 0 Å². The Labute approximate surface area is 231 Å². The number of aromatic nitrogens is 1. The van der Waals surface area contributed by atoms with Gasteiger partial charge >= 0.3 is 0 Å². The average Bonchev–Trinajstić information content (AvgIpc) is 3.62. The zero-order valence-corrected chi connectivity index (χ0v) is 22.5. The van der Waals surface area contributed by atoms with Gasteiger partial charge in [-0.15, -0.1) is 0 Å².